The van der Waals surface area contributed by atoms with Crippen molar-refractivity contribution in [3.05, 3.63) is 24.3 Å². The maximum Gasteiger partial charge on any atom is 0.119 e. The molecule has 3 heteroatoms. The number of piperidine rings is 1. The van der Waals surface area contributed by atoms with Crippen LogP contribution in [-0.2, 0) is 0 Å². The van der Waals surface area contributed by atoms with Crippen LogP contribution in [0.4, 0.5) is 5.69 Å². The summed E-state index contributed by atoms with van der Waals surface area (Å²) in [6.45, 7) is 6.23. The molecule has 1 aromatic carbocycles. The smallest absolute Gasteiger partial charge is 0.119 e. The van der Waals surface area contributed by atoms with Crippen LogP contribution in [0.15, 0.2) is 24.3 Å². The molecule has 18 heavy (non-hydrogen) atoms. The molecule has 1 fully saturated rings. The van der Waals surface area contributed by atoms with E-state index in [0.717, 1.165) is 25.3 Å². The van der Waals surface area contributed by atoms with Gasteiger partial charge in [-0.15, -0.1) is 0 Å². The molecular formula is C15H20N2O. The van der Waals surface area contributed by atoms with Crippen molar-refractivity contribution in [2.45, 2.75) is 20.3 Å². The highest BCUT2D eigenvalue weighted by Crippen LogP contribution is 2.36. The number of hydrogen-bond donors (Lipinski definition) is 0. The molecule has 1 unspecified atom stereocenters. The third kappa shape index (κ3) is 2.43. The van der Waals surface area contributed by atoms with E-state index in [-0.39, 0.29) is 11.3 Å². The summed E-state index contributed by atoms with van der Waals surface area (Å²) in [6.07, 6.45) is 0.940. The molecule has 0 amide bonds. The van der Waals surface area contributed by atoms with Gasteiger partial charge in [-0.1, -0.05) is 13.8 Å². The number of rotatable bonds is 2. The Kier molecular flexibility index (Phi) is 3.47. The summed E-state index contributed by atoms with van der Waals surface area (Å²) in [5, 5.41) is 9.17. The summed E-state index contributed by atoms with van der Waals surface area (Å²) >= 11 is 0. The van der Waals surface area contributed by atoms with Crippen LogP contribution in [0.5, 0.6) is 5.75 Å². The Balaban J connectivity index is 2.13. The first kappa shape index (κ1) is 12.8. The van der Waals surface area contributed by atoms with Crippen LogP contribution in [-0.4, -0.2) is 20.2 Å². The molecule has 0 aliphatic carbocycles. The van der Waals surface area contributed by atoms with Crippen LogP contribution in [0.2, 0.25) is 0 Å². The second-order valence-corrected chi connectivity index (χ2v) is 5.58. The van der Waals surface area contributed by atoms with Gasteiger partial charge in [-0.25, -0.2) is 0 Å². The Morgan fingerprint density at radius 1 is 1.33 bits per heavy atom. The monoisotopic (exact) mass is 244 g/mol. The molecule has 1 aromatic rings. The third-order valence-corrected chi connectivity index (χ3v) is 3.82. The highest BCUT2D eigenvalue weighted by atomic mass is 16.5. The summed E-state index contributed by atoms with van der Waals surface area (Å²) < 4.78 is 5.17. The predicted octanol–water partition coefficient (Wildman–Crippen LogP) is 3.07. The van der Waals surface area contributed by atoms with E-state index >= 15 is 0 Å². The van der Waals surface area contributed by atoms with Gasteiger partial charge in [0.1, 0.15) is 5.75 Å². The summed E-state index contributed by atoms with van der Waals surface area (Å²) in [4.78, 5) is 2.35. The molecule has 0 N–H and O–H groups in total. The Morgan fingerprint density at radius 3 is 2.50 bits per heavy atom. The van der Waals surface area contributed by atoms with Crippen LogP contribution in [0.3, 0.4) is 0 Å². The van der Waals surface area contributed by atoms with Crippen LogP contribution in [0.25, 0.3) is 0 Å². The molecule has 1 saturated heterocycles. The molecule has 0 saturated carbocycles. The van der Waals surface area contributed by atoms with E-state index in [9.17, 15) is 0 Å². The minimum absolute atomic E-state index is 0.0485. The van der Waals surface area contributed by atoms with E-state index in [1.165, 1.54) is 5.69 Å². The van der Waals surface area contributed by atoms with Gasteiger partial charge >= 0.3 is 0 Å². The van der Waals surface area contributed by atoms with Gasteiger partial charge in [-0.2, -0.15) is 5.26 Å². The number of hydrogen-bond acceptors (Lipinski definition) is 3. The maximum atomic E-state index is 9.17. The van der Waals surface area contributed by atoms with E-state index in [2.05, 4.69) is 36.9 Å². The zero-order valence-corrected chi connectivity index (χ0v) is 11.3. The van der Waals surface area contributed by atoms with E-state index in [4.69, 9.17) is 10.00 Å². The molecule has 1 heterocycles. The van der Waals surface area contributed by atoms with Crippen LogP contribution in [0, 0.1) is 22.7 Å². The second kappa shape index (κ2) is 4.89. The first-order chi connectivity index (χ1) is 8.56. The minimum Gasteiger partial charge on any atom is -0.497 e. The number of benzene rings is 1. The quantitative estimate of drug-likeness (QED) is 0.802. The highest BCUT2D eigenvalue weighted by molar-refractivity contribution is 5.49. The molecule has 0 bridgehead atoms. The van der Waals surface area contributed by atoms with Gasteiger partial charge in [0.2, 0.25) is 0 Å². The second-order valence-electron chi connectivity index (χ2n) is 5.58. The van der Waals surface area contributed by atoms with Crippen molar-refractivity contribution in [1.29, 1.82) is 5.26 Å². The first-order valence-electron chi connectivity index (χ1n) is 6.35. The molecule has 3 nitrogen and oxygen atoms in total. The van der Waals surface area contributed by atoms with Gasteiger partial charge in [0.05, 0.1) is 19.1 Å². The van der Waals surface area contributed by atoms with Crippen LogP contribution < -0.4 is 9.64 Å². The number of anilines is 1. The van der Waals surface area contributed by atoms with E-state index < -0.39 is 0 Å². The minimum atomic E-state index is 0.0485. The maximum absolute atomic E-state index is 9.17. The summed E-state index contributed by atoms with van der Waals surface area (Å²) in [6, 6.07) is 10.6. The van der Waals surface area contributed by atoms with Crippen LogP contribution in [0.1, 0.15) is 20.3 Å². The topological polar surface area (TPSA) is 36.3 Å². The predicted molar refractivity (Wildman–Crippen MR) is 72.7 cm³/mol. The molecule has 1 atom stereocenters. The van der Waals surface area contributed by atoms with E-state index in [1.54, 1.807) is 7.11 Å². The highest BCUT2D eigenvalue weighted by Gasteiger charge is 2.35. The average molecular weight is 244 g/mol. The van der Waals surface area contributed by atoms with Gasteiger partial charge in [0, 0.05) is 18.8 Å². The van der Waals surface area contributed by atoms with E-state index in [0.29, 0.717) is 0 Å². The molecule has 0 radical (unpaired) electrons. The zero-order valence-electron chi connectivity index (χ0n) is 11.3. The van der Waals surface area contributed by atoms with Crippen molar-refractivity contribution < 1.29 is 4.74 Å². The third-order valence-electron chi connectivity index (χ3n) is 3.82. The van der Waals surface area contributed by atoms with Crippen molar-refractivity contribution in [2.75, 3.05) is 25.1 Å². The molecule has 96 valence electrons. The summed E-state index contributed by atoms with van der Waals surface area (Å²) in [5.74, 6) is 1.04. The van der Waals surface area contributed by atoms with Crippen molar-refractivity contribution in [3.63, 3.8) is 0 Å². The van der Waals surface area contributed by atoms with Gasteiger partial charge in [-0.3, -0.25) is 0 Å². The molecule has 1 aliphatic rings. The summed E-state index contributed by atoms with van der Waals surface area (Å²) in [7, 11) is 1.68. The van der Waals surface area contributed by atoms with Gasteiger partial charge in [0.15, 0.2) is 0 Å². The fourth-order valence-corrected chi connectivity index (χ4v) is 2.61. The lowest BCUT2D eigenvalue weighted by molar-refractivity contribution is 0.226. The lowest BCUT2D eigenvalue weighted by atomic mass is 9.74. The molecular weight excluding hydrogens is 224 g/mol. The summed E-state index contributed by atoms with van der Waals surface area (Å²) in [5.41, 5.74) is 1.26. The van der Waals surface area contributed by atoms with Gasteiger partial charge < -0.3 is 9.64 Å². The molecule has 0 aromatic heterocycles. The number of nitriles is 1. The normalized spacial score (nSPS) is 22.3. The fourth-order valence-electron chi connectivity index (χ4n) is 2.61. The Morgan fingerprint density at radius 2 is 2.00 bits per heavy atom. The van der Waals surface area contributed by atoms with Crippen molar-refractivity contribution in [3.8, 4) is 11.8 Å². The van der Waals surface area contributed by atoms with Crippen LogP contribution >= 0.6 is 0 Å². The standard InChI is InChI=1S/C15H20N2O/c1-15(2)11-17(9-8-12(15)10-16)13-4-6-14(18-3)7-5-13/h4-7,12H,8-9,11H2,1-3H3. The SMILES string of the molecule is COc1ccc(N2CCC(C#N)C(C)(C)C2)cc1. The first-order valence-corrected chi connectivity index (χ1v) is 6.35. The van der Waals surface area contributed by atoms with Gasteiger partial charge in [-0.05, 0) is 36.1 Å². The number of methoxy groups -OCH3 is 1. The van der Waals surface area contributed by atoms with Crippen molar-refractivity contribution in [1.82, 2.24) is 0 Å². The number of ether oxygens (including phenoxy) is 1. The number of nitrogens with zero attached hydrogens (tertiary/aromatic N) is 2. The zero-order chi connectivity index (χ0) is 13.2. The Labute approximate surface area is 109 Å². The molecule has 1 aliphatic heterocycles. The van der Waals surface area contributed by atoms with Crippen molar-refractivity contribution in [2.24, 2.45) is 11.3 Å². The Hall–Kier alpha value is -1.69. The lowest BCUT2D eigenvalue weighted by Gasteiger charge is -2.42. The fraction of sp³-hybridized carbons (Fsp3) is 0.533. The molecule has 2 rings (SSSR count). The average Bonchev–Trinajstić information content (AvgIpc) is 2.37. The molecule has 0 spiro atoms. The largest absolute Gasteiger partial charge is 0.497 e. The lowest BCUT2D eigenvalue weighted by Crippen LogP contribution is -2.45. The Bertz CT molecular complexity index is 445. The van der Waals surface area contributed by atoms with Crippen molar-refractivity contribution >= 4 is 5.69 Å². The van der Waals surface area contributed by atoms with Gasteiger partial charge in [0.25, 0.3) is 0 Å². The van der Waals surface area contributed by atoms with E-state index in [1.807, 2.05) is 12.1 Å².